The lowest BCUT2D eigenvalue weighted by atomic mass is 10.0. The third kappa shape index (κ3) is 5.50. The molecule has 1 aliphatic heterocycles. The van der Waals surface area contributed by atoms with Crippen LogP contribution in [0.15, 0.2) is 45.8 Å². The van der Waals surface area contributed by atoms with Crippen LogP contribution in [-0.4, -0.2) is 74.4 Å². The van der Waals surface area contributed by atoms with Crippen LogP contribution < -0.4 is 5.56 Å². The topological polar surface area (TPSA) is 105 Å². The second-order valence-electron chi connectivity index (χ2n) is 9.11. The molecule has 10 heteroatoms. The number of ether oxygens (including phenoxy) is 1. The van der Waals surface area contributed by atoms with Gasteiger partial charge in [-0.3, -0.25) is 14.6 Å². The molecular weight excluding hydrogens is 446 g/mol. The number of morpholine rings is 1. The Bertz CT molecular complexity index is 1320. The maximum absolute atomic E-state index is 13.1. The van der Waals surface area contributed by atoms with Crippen LogP contribution >= 0.6 is 0 Å². The van der Waals surface area contributed by atoms with Gasteiger partial charge in [-0.05, 0) is 53.6 Å². The lowest BCUT2D eigenvalue weighted by molar-refractivity contribution is 0.0322. The molecule has 0 atom stereocenters. The van der Waals surface area contributed by atoms with Gasteiger partial charge in [0.25, 0.3) is 5.56 Å². The molecule has 1 saturated heterocycles. The molecule has 5 rings (SSSR count). The lowest BCUT2D eigenvalue weighted by Crippen LogP contribution is -2.41. The summed E-state index contributed by atoms with van der Waals surface area (Å²) in [6, 6.07) is 9.92. The summed E-state index contributed by atoms with van der Waals surface area (Å²) >= 11 is 0. The van der Waals surface area contributed by atoms with Gasteiger partial charge in [-0.2, -0.15) is 0 Å². The Labute approximate surface area is 203 Å². The number of fused-ring (bicyclic) bond motifs is 1. The molecule has 0 amide bonds. The van der Waals surface area contributed by atoms with Gasteiger partial charge in [-0.25, -0.2) is 4.68 Å². The van der Waals surface area contributed by atoms with Gasteiger partial charge in [0.15, 0.2) is 5.82 Å². The molecule has 1 N–H and O–H groups in total. The van der Waals surface area contributed by atoms with Crippen molar-refractivity contribution in [2.45, 2.75) is 33.5 Å². The molecule has 4 aromatic rings. The Morgan fingerprint density at radius 1 is 1.11 bits per heavy atom. The first kappa shape index (κ1) is 23.4. The van der Waals surface area contributed by atoms with E-state index in [1.807, 2.05) is 31.2 Å². The number of aryl methyl sites for hydroxylation is 2. The Hall–Kier alpha value is -3.34. The minimum Gasteiger partial charge on any atom is -0.467 e. The van der Waals surface area contributed by atoms with Crippen LogP contribution in [0.5, 0.6) is 0 Å². The number of furan rings is 1. The van der Waals surface area contributed by atoms with E-state index >= 15 is 0 Å². The monoisotopic (exact) mass is 477 g/mol. The summed E-state index contributed by atoms with van der Waals surface area (Å²) < 4.78 is 12.7. The maximum atomic E-state index is 13.1. The fraction of sp³-hybridized carbons (Fsp3) is 0.440. The van der Waals surface area contributed by atoms with E-state index in [1.54, 1.807) is 10.9 Å². The van der Waals surface area contributed by atoms with Crippen LogP contribution in [0, 0.1) is 13.8 Å². The quantitative estimate of drug-likeness (QED) is 0.391. The molecule has 0 bridgehead atoms. The molecule has 184 valence electrons. The highest BCUT2D eigenvalue weighted by molar-refractivity contribution is 5.85. The molecule has 0 saturated carbocycles. The summed E-state index contributed by atoms with van der Waals surface area (Å²) in [4.78, 5) is 20.8. The van der Waals surface area contributed by atoms with Gasteiger partial charge < -0.3 is 14.1 Å². The van der Waals surface area contributed by atoms with Crippen molar-refractivity contribution in [2.75, 3.05) is 39.4 Å². The number of tetrazole rings is 1. The number of benzene rings is 1. The molecule has 1 aliphatic rings. The molecule has 0 spiro atoms. The summed E-state index contributed by atoms with van der Waals surface area (Å²) in [6.45, 7) is 10.6. The molecule has 4 heterocycles. The summed E-state index contributed by atoms with van der Waals surface area (Å²) in [7, 11) is 0. The van der Waals surface area contributed by atoms with E-state index in [-0.39, 0.29) is 5.56 Å². The largest absolute Gasteiger partial charge is 0.467 e. The number of aromatic nitrogens is 5. The second-order valence-corrected chi connectivity index (χ2v) is 9.11. The highest BCUT2D eigenvalue weighted by Gasteiger charge is 2.18. The van der Waals surface area contributed by atoms with Crippen LogP contribution in [0.25, 0.3) is 10.9 Å². The van der Waals surface area contributed by atoms with Crippen molar-refractivity contribution in [3.05, 3.63) is 75.2 Å². The smallest absolute Gasteiger partial charge is 0.252 e. The predicted molar refractivity (Wildman–Crippen MR) is 131 cm³/mol. The Kier molecular flexibility index (Phi) is 7.03. The lowest BCUT2D eigenvalue weighted by Gasteiger charge is -2.29. The van der Waals surface area contributed by atoms with Gasteiger partial charge in [-0.15, -0.1) is 5.10 Å². The summed E-state index contributed by atoms with van der Waals surface area (Å²) in [6.07, 6.45) is 1.64. The minimum absolute atomic E-state index is 0.0576. The van der Waals surface area contributed by atoms with E-state index in [0.29, 0.717) is 19.6 Å². The fourth-order valence-corrected chi connectivity index (χ4v) is 4.51. The number of rotatable bonds is 9. The molecule has 10 nitrogen and oxygen atoms in total. The first-order valence-electron chi connectivity index (χ1n) is 12.0. The predicted octanol–water partition coefficient (Wildman–Crippen LogP) is 2.11. The summed E-state index contributed by atoms with van der Waals surface area (Å²) in [5.41, 5.74) is 3.79. The van der Waals surface area contributed by atoms with E-state index in [4.69, 9.17) is 9.15 Å². The molecule has 3 aromatic heterocycles. The summed E-state index contributed by atoms with van der Waals surface area (Å²) in [5.74, 6) is 1.52. The van der Waals surface area contributed by atoms with E-state index < -0.39 is 0 Å². The van der Waals surface area contributed by atoms with Crippen LogP contribution in [-0.2, 0) is 24.4 Å². The fourth-order valence-electron chi connectivity index (χ4n) is 4.51. The molecule has 0 aliphatic carbocycles. The maximum Gasteiger partial charge on any atom is 0.252 e. The number of aromatic amines is 1. The Morgan fingerprint density at radius 3 is 2.74 bits per heavy atom. The average Bonchev–Trinajstić information content (AvgIpc) is 3.54. The molecule has 1 fully saturated rings. The van der Waals surface area contributed by atoms with Crippen molar-refractivity contribution >= 4 is 10.9 Å². The summed E-state index contributed by atoms with van der Waals surface area (Å²) in [5, 5.41) is 13.4. The molecular formula is C25H31N7O3. The number of nitrogens with one attached hydrogen (secondary N) is 1. The minimum atomic E-state index is -0.0576. The molecule has 35 heavy (non-hydrogen) atoms. The van der Waals surface area contributed by atoms with Gasteiger partial charge in [0.1, 0.15) is 12.3 Å². The Morgan fingerprint density at radius 2 is 1.94 bits per heavy atom. The second kappa shape index (κ2) is 10.5. The van der Waals surface area contributed by atoms with Crippen molar-refractivity contribution in [3.8, 4) is 0 Å². The number of hydrogen-bond acceptors (Lipinski definition) is 8. The zero-order chi connectivity index (χ0) is 24.2. The van der Waals surface area contributed by atoms with Crippen molar-refractivity contribution < 1.29 is 9.15 Å². The third-order valence-electron chi connectivity index (χ3n) is 6.61. The molecule has 0 unspecified atom stereocenters. The number of pyridine rings is 1. The van der Waals surface area contributed by atoms with Crippen LogP contribution in [0.1, 0.15) is 28.3 Å². The van der Waals surface area contributed by atoms with Gasteiger partial charge >= 0.3 is 0 Å². The SMILES string of the molecule is Cc1ccc(C)c2[nH]c(=O)c(CN(CCN3CCOCC3)Cc3nnnn3Cc3ccco3)cc12. The van der Waals surface area contributed by atoms with Crippen LogP contribution in [0.4, 0.5) is 0 Å². The van der Waals surface area contributed by atoms with Crippen molar-refractivity contribution in [2.24, 2.45) is 0 Å². The Balaban J connectivity index is 1.40. The van der Waals surface area contributed by atoms with Gasteiger partial charge in [0.2, 0.25) is 0 Å². The van der Waals surface area contributed by atoms with E-state index in [2.05, 4.69) is 43.3 Å². The van der Waals surface area contributed by atoms with Gasteiger partial charge in [0.05, 0.1) is 31.5 Å². The van der Waals surface area contributed by atoms with Crippen molar-refractivity contribution in [1.82, 2.24) is 35.0 Å². The standard InChI is InChI=1S/C25H31N7O3/c1-18-5-6-19(2)24-22(18)14-20(25(33)26-24)15-31(8-7-30-9-12-34-13-10-30)17-23-27-28-29-32(23)16-21-4-3-11-35-21/h3-6,11,14H,7-10,12-13,15-17H2,1-2H3,(H,26,33). The highest BCUT2D eigenvalue weighted by atomic mass is 16.5. The zero-order valence-corrected chi connectivity index (χ0v) is 20.2. The zero-order valence-electron chi connectivity index (χ0n) is 20.2. The van der Waals surface area contributed by atoms with Gasteiger partial charge in [0, 0.05) is 43.7 Å². The normalized spacial score (nSPS) is 14.8. The van der Waals surface area contributed by atoms with Crippen molar-refractivity contribution in [1.29, 1.82) is 0 Å². The van der Waals surface area contributed by atoms with E-state index in [0.717, 1.165) is 78.6 Å². The van der Waals surface area contributed by atoms with E-state index in [1.165, 1.54) is 0 Å². The number of H-pyrrole nitrogens is 1. The highest BCUT2D eigenvalue weighted by Crippen LogP contribution is 2.20. The van der Waals surface area contributed by atoms with E-state index in [9.17, 15) is 4.79 Å². The van der Waals surface area contributed by atoms with Gasteiger partial charge in [-0.1, -0.05) is 12.1 Å². The molecule has 1 aromatic carbocycles. The third-order valence-corrected chi connectivity index (χ3v) is 6.61. The first-order chi connectivity index (χ1) is 17.1. The number of hydrogen-bond donors (Lipinski definition) is 1. The van der Waals surface area contributed by atoms with Crippen LogP contribution in [0.3, 0.4) is 0 Å². The van der Waals surface area contributed by atoms with Crippen molar-refractivity contribution in [3.63, 3.8) is 0 Å². The van der Waals surface area contributed by atoms with Crippen LogP contribution in [0.2, 0.25) is 0 Å². The molecule has 0 radical (unpaired) electrons. The average molecular weight is 478 g/mol. The first-order valence-corrected chi connectivity index (χ1v) is 12.0. The number of nitrogens with zero attached hydrogens (tertiary/aromatic N) is 6.